The summed E-state index contributed by atoms with van der Waals surface area (Å²) in [7, 11) is 3.15. The Morgan fingerprint density at radius 3 is 2.21 bits per heavy atom. The minimum absolute atomic E-state index is 0.00500. The lowest BCUT2D eigenvalue weighted by Gasteiger charge is -2.28. The van der Waals surface area contributed by atoms with Gasteiger partial charge in [-0.05, 0) is 36.3 Å². The second-order valence-electron chi connectivity index (χ2n) is 7.19. The summed E-state index contributed by atoms with van der Waals surface area (Å²) >= 11 is 1.45. The van der Waals surface area contributed by atoms with Gasteiger partial charge in [-0.15, -0.1) is 11.8 Å². The highest BCUT2D eigenvalue weighted by molar-refractivity contribution is 8.04. The quantitative estimate of drug-likeness (QED) is 0.647. The van der Waals surface area contributed by atoms with Crippen LogP contribution in [0.15, 0.2) is 23.1 Å². The van der Waals surface area contributed by atoms with Crippen molar-refractivity contribution in [3.8, 4) is 11.5 Å². The normalized spacial score (nSPS) is 19.0. The fourth-order valence-electron chi connectivity index (χ4n) is 4.08. The Kier molecular flexibility index (Phi) is 7.05. The van der Waals surface area contributed by atoms with Crippen LogP contribution in [-0.4, -0.2) is 42.7 Å². The minimum atomic E-state index is -0.168. The zero-order valence-corrected chi connectivity index (χ0v) is 17.8. The first-order valence-electron chi connectivity index (χ1n) is 10.1. The van der Waals surface area contributed by atoms with E-state index in [0.717, 1.165) is 31.4 Å². The molecule has 0 aromatic heterocycles. The standard InChI is InChI=1S/C22H29NO4S/c1-4-28-20-19(15-12-13-17(26-2)18(14-15)27-3)21(24)23(22(20)25)16-10-8-6-5-7-9-11-16/h12-14,16H,4-11H2,1-3H3. The number of amides is 2. The van der Waals surface area contributed by atoms with Gasteiger partial charge in [0.25, 0.3) is 11.8 Å². The number of methoxy groups -OCH3 is 2. The van der Waals surface area contributed by atoms with Crippen LogP contribution in [0.2, 0.25) is 0 Å². The second kappa shape index (κ2) is 9.50. The molecular formula is C22H29NO4S. The summed E-state index contributed by atoms with van der Waals surface area (Å²) in [5.41, 5.74) is 1.21. The van der Waals surface area contributed by atoms with Gasteiger partial charge in [-0.3, -0.25) is 14.5 Å². The summed E-state index contributed by atoms with van der Waals surface area (Å²) in [5.74, 6) is 1.60. The van der Waals surface area contributed by atoms with Crippen LogP contribution in [0.4, 0.5) is 0 Å². The first kappa shape index (κ1) is 20.8. The van der Waals surface area contributed by atoms with E-state index in [1.54, 1.807) is 26.4 Å². The van der Waals surface area contributed by atoms with Crippen molar-refractivity contribution < 1.29 is 19.1 Å². The molecule has 2 aliphatic rings. The molecule has 5 nitrogen and oxygen atoms in total. The number of thioether (sulfide) groups is 1. The lowest BCUT2D eigenvalue weighted by Crippen LogP contribution is -2.41. The predicted octanol–water partition coefficient (Wildman–Crippen LogP) is 4.65. The summed E-state index contributed by atoms with van der Waals surface area (Å²) < 4.78 is 10.7. The number of hydrogen-bond donors (Lipinski definition) is 0. The fraction of sp³-hybridized carbons (Fsp3) is 0.545. The van der Waals surface area contributed by atoms with Crippen LogP contribution in [0.25, 0.3) is 5.57 Å². The van der Waals surface area contributed by atoms with Crippen molar-refractivity contribution in [1.82, 2.24) is 4.90 Å². The van der Waals surface area contributed by atoms with Crippen molar-refractivity contribution in [2.45, 2.75) is 57.9 Å². The average molecular weight is 404 g/mol. The molecule has 0 N–H and O–H groups in total. The molecule has 1 aromatic rings. The van der Waals surface area contributed by atoms with Gasteiger partial charge in [0.1, 0.15) is 0 Å². The minimum Gasteiger partial charge on any atom is -0.493 e. The highest BCUT2D eigenvalue weighted by Gasteiger charge is 2.42. The first-order chi connectivity index (χ1) is 13.6. The molecule has 1 aliphatic heterocycles. The van der Waals surface area contributed by atoms with E-state index in [1.165, 1.54) is 35.9 Å². The van der Waals surface area contributed by atoms with Gasteiger partial charge in [0, 0.05) is 6.04 Å². The van der Waals surface area contributed by atoms with Crippen LogP contribution >= 0.6 is 11.8 Å². The summed E-state index contributed by atoms with van der Waals surface area (Å²) in [6.07, 6.45) is 7.56. The van der Waals surface area contributed by atoms with E-state index in [0.29, 0.717) is 27.5 Å². The van der Waals surface area contributed by atoms with E-state index in [1.807, 2.05) is 13.0 Å². The Morgan fingerprint density at radius 1 is 0.964 bits per heavy atom. The molecule has 6 heteroatoms. The Hall–Kier alpha value is -1.95. The van der Waals surface area contributed by atoms with Crippen molar-refractivity contribution in [3.63, 3.8) is 0 Å². The van der Waals surface area contributed by atoms with Gasteiger partial charge >= 0.3 is 0 Å². The summed E-state index contributed by atoms with van der Waals surface area (Å²) in [5, 5.41) is 0. The van der Waals surface area contributed by atoms with Crippen molar-refractivity contribution in [2.24, 2.45) is 0 Å². The number of rotatable bonds is 6. The van der Waals surface area contributed by atoms with Gasteiger partial charge in [-0.1, -0.05) is 45.1 Å². The Morgan fingerprint density at radius 2 is 1.61 bits per heavy atom. The van der Waals surface area contributed by atoms with Crippen molar-refractivity contribution in [3.05, 3.63) is 28.7 Å². The lowest BCUT2D eigenvalue weighted by molar-refractivity contribution is -0.139. The largest absolute Gasteiger partial charge is 0.493 e. The number of hydrogen-bond acceptors (Lipinski definition) is 5. The van der Waals surface area contributed by atoms with E-state index in [-0.39, 0.29) is 17.9 Å². The third-order valence-corrected chi connectivity index (χ3v) is 6.43. The van der Waals surface area contributed by atoms with Gasteiger partial charge in [0.15, 0.2) is 11.5 Å². The Bertz CT molecular complexity index is 766. The van der Waals surface area contributed by atoms with E-state index in [4.69, 9.17) is 9.47 Å². The van der Waals surface area contributed by atoms with Gasteiger partial charge in [-0.25, -0.2) is 0 Å². The van der Waals surface area contributed by atoms with Crippen molar-refractivity contribution in [1.29, 1.82) is 0 Å². The molecule has 0 atom stereocenters. The molecule has 2 amide bonds. The maximum Gasteiger partial charge on any atom is 0.268 e. The number of carbonyl (C=O) groups is 2. The number of imide groups is 1. The summed E-state index contributed by atoms with van der Waals surface area (Å²) in [6.45, 7) is 2.00. The topological polar surface area (TPSA) is 55.8 Å². The second-order valence-corrected chi connectivity index (χ2v) is 8.46. The van der Waals surface area contributed by atoms with Gasteiger partial charge in [-0.2, -0.15) is 0 Å². The van der Waals surface area contributed by atoms with Crippen LogP contribution in [-0.2, 0) is 9.59 Å². The third-order valence-electron chi connectivity index (χ3n) is 5.47. The molecule has 1 aliphatic carbocycles. The van der Waals surface area contributed by atoms with Gasteiger partial charge < -0.3 is 9.47 Å². The van der Waals surface area contributed by atoms with Crippen LogP contribution in [0.5, 0.6) is 11.5 Å². The molecule has 1 heterocycles. The zero-order valence-electron chi connectivity index (χ0n) is 17.0. The molecule has 0 saturated heterocycles. The highest BCUT2D eigenvalue weighted by atomic mass is 32.2. The van der Waals surface area contributed by atoms with E-state index >= 15 is 0 Å². The molecule has 0 spiro atoms. The molecule has 28 heavy (non-hydrogen) atoms. The van der Waals surface area contributed by atoms with Crippen LogP contribution in [0.1, 0.15) is 57.4 Å². The molecule has 0 unspecified atom stereocenters. The van der Waals surface area contributed by atoms with Crippen LogP contribution < -0.4 is 9.47 Å². The highest BCUT2D eigenvalue weighted by Crippen LogP contribution is 2.41. The maximum atomic E-state index is 13.4. The molecule has 1 aromatic carbocycles. The molecule has 1 fully saturated rings. The molecular weight excluding hydrogens is 374 g/mol. The predicted molar refractivity (Wildman–Crippen MR) is 113 cm³/mol. The lowest BCUT2D eigenvalue weighted by atomic mass is 9.95. The summed E-state index contributed by atoms with van der Waals surface area (Å²) in [4.78, 5) is 28.7. The van der Waals surface area contributed by atoms with Crippen molar-refractivity contribution in [2.75, 3.05) is 20.0 Å². The number of benzene rings is 1. The van der Waals surface area contributed by atoms with Crippen LogP contribution in [0.3, 0.4) is 0 Å². The van der Waals surface area contributed by atoms with Crippen LogP contribution in [0, 0.1) is 0 Å². The first-order valence-corrected chi connectivity index (χ1v) is 11.1. The monoisotopic (exact) mass is 403 g/mol. The van der Waals surface area contributed by atoms with E-state index in [9.17, 15) is 9.59 Å². The third kappa shape index (κ3) is 4.07. The molecule has 152 valence electrons. The number of ether oxygens (including phenoxy) is 2. The van der Waals surface area contributed by atoms with Gasteiger partial charge in [0.2, 0.25) is 0 Å². The van der Waals surface area contributed by atoms with E-state index < -0.39 is 0 Å². The molecule has 1 saturated carbocycles. The SMILES string of the molecule is CCSC1=C(c2ccc(OC)c(OC)c2)C(=O)N(C2CCCCCCC2)C1=O. The Balaban J connectivity index is 1.98. The molecule has 3 rings (SSSR count). The summed E-state index contributed by atoms with van der Waals surface area (Å²) in [6, 6.07) is 5.41. The van der Waals surface area contributed by atoms with E-state index in [2.05, 4.69) is 0 Å². The number of nitrogens with zero attached hydrogens (tertiary/aromatic N) is 1. The van der Waals surface area contributed by atoms with Crippen molar-refractivity contribution >= 4 is 29.1 Å². The fourth-order valence-corrected chi connectivity index (χ4v) is 4.94. The zero-order chi connectivity index (χ0) is 20.1. The average Bonchev–Trinajstić information content (AvgIpc) is 2.92. The Labute approximate surface area is 171 Å². The molecule has 0 radical (unpaired) electrons. The smallest absolute Gasteiger partial charge is 0.268 e. The maximum absolute atomic E-state index is 13.4. The number of carbonyl (C=O) groups excluding carboxylic acids is 2. The molecule has 0 bridgehead atoms. The van der Waals surface area contributed by atoms with Gasteiger partial charge in [0.05, 0.1) is 24.7 Å².